The van der Waals surface area contributed by atoms with E-state index in [2.05, 4.69) is 0 Å². The van der Waals surface area contributed by atoms with Crippen molar-refractivity contribution in [2.24, 2.45) is 11.3 Å². The summed E-state index contributed by atoms with van der Waals surface area (Å²) in [5, 5.41) is 11.2. The van der Waals surface area contributed by atoms with Crippen LogP contribution in [-0.4, -0.2) is 56.7 Å². The van der Waals surface area contributed by atoms with E-state index in [-0.39, 0.29) is 40.3 Å². The van der Waals surface area contributed by atoms with Crippen LogP contribution >= 0.6 is 23.2 Å². The van der Waals surface area contributed by atoms with Gasteiger partial charge in [0.2, 0.25) is 0 Å². The number of carbonyl (C=O) groups is 1. The lowest BCUT2D eigenvalue weighted by Gasteiger charge is -2.43. The first-order valence-corrected chi connectivity index (χ1v) is 14.4. The zero-order valence-corrected chi connectivity index (χ0v) is 25.0. The Morgan fingerprint density at radius 1 is 1.17 bits per heavy atom. The number of alkyl halides is 2. The standard InChI is InChI=1S/C31H32Cl2F2N2O5/c1-4-40-29(38)31(28-23(32)15-37(39)16-24(28)33)12-11-19-13-21(36(2)3)8-9-22(19)27(31)20-7-10-25(42-30(34)35)26(14-20)41-17-18-5-6-18/h7-15,18,27,30,39H,4-6,16-17H2,1-3H3. The molecule has 5 rings (SSSR count). The van der Waals surface area contributed by atoms with Gasteiger partial charge >= 0.3 is 12.6 Å². The zero-order chi connectivity index (χ0) is 30.2. The molecule has 1 N–H and O–H groups in total. The average Bonchev–Trinajstić information content (AvgIpc) is 3.76. The minimum absolute atomic E-state index is 0.0627. The molecule has 224 valence electrons. The number of ether oxygens (including phenoxy) is 3. The molecule has 0 saturated heterocycles. The van der Waals surface area contributed by atoms with Crippen LogP contribution in [-0.2, 0) is 9.53 Å². The second-order valence-corrected chi connectivity index (χ2v) is 11.6. The number of hydroxylamine groups is 2. The van der Waals surface area contributed by atoms with Crippen LogP contribution in [0.4, 0.5) is 14.5 Å². The number of allylic oxidation sites excluding steroid dienone is 1. The molecule has 1 fully saturated rings. The van der Waals surface area contributed by atoms with E-state index in [1.165, 1.54) is 12.3 Å². The topological polar surface area (TPSA) is 71.5 Å². The number of benzene rings is 2. The number of hydrogen-bond donors (Lipinski definition) is 1. The Morgan fingerprint density at radius 2 is 1.93 bits per heavy atom. The number of fused-ring (bicyclic) bond motifs is 1. The number of hydrogen-bond acceptors (Lipinski definition) is 7. The fourth-order valence-corrected chi connectivity index (χ4v) is 6.35. The predicted molar refractivity (Wildman–Crippen MR) is 157 cm³/mol. The molecule has 2 aliphatic carbocycles. The van der Waals surface area contributed by atoms with Crippen LogP contribution in [0.15, 0.2) is 64.3 Å². The van der Waals surface area contributed by atoms with Crippen molar-refractivity contribution in [1.82, 2.24) is 5.06 Å². The second kappa shape index (κ2) is 12.1. The number of esters is 1. The highest BCUT2D eigenvalue weighted by molar-refractivity contribution is 6.37. The van der Waals surface area contributed by atoms with Gasteiger partial charge in [-0.15, -0.1) is 0 Å². The van der Waals surface area contributed by atoms with Gasteiger partial charge in [-0.25, -0.2) is 0 Å². The molecular formula is C31H32Cl2F2N2O5. The highest BCUT2D eigenvalue weighted by Gasteiger charge is 2.54. The molecule has 42 heavy (non-hydrogen) atoms. The third kappa shape index (κ3) is 5.82. The summed E-state index contributed by atoms with van der Waals surface area (Å²) in [5.41, 5.74) is 1.83. The van der Waals surface area contributed by atoms with Crippen molar-refractivity contribution in [1.29, 1.82) is 0 Å². The maximum atomic E-state index is 14.2. The Balaban J connectivity index is 1.77. The third-order valence-electron chi connectivity index (χ3n) is 7.67. The van der Waals surface area contributed by atoms with Crippen LogP contribution in [0.3, 0.4) is 0 Å². The fourth-order valence-electron chi connectivity index (χ4n) is 5.54. The summed E-state index contributed by atoms with van der Waals surface area (Å²) in [6.07, 6.45) is 6.87. The van der Waals surface area contributed by atoms with E-state index in [4.69, 9.17) is 37.4 Å². The van der Waals surface area contributed by atoms with Gasteiger partial charge in [-0.1, -0.05) is 47.5 Å². The molecule has 2 aromatic rings. The maximum absolute atomic E-state index is 14.2. The van der Waals surface area contributed by atoms with Crippen LogP contribution < -0.4 is 14.4 Å². The second-order valence-electron chi connectivity index (χ2n) is 10.8. The van der Waals surface area contributed by atoms with Crippen LogP contribution in [0, 0.1) is 11.3 Å². The normalized spacial score (nSPS) is 21.7. The first kappa shape index (κ1) is 30.2. The molecule has 0 spiro atoms. The van der Waals surface area contributed by atoms with E-state index >= 15 is 0 Å². The number of nitrogens with zero attached hydrogens (tertiary/aromatic N) is 2. The molecule has 2 atom stereocenters. The van der Waals surface area contributed by atoms with Crippen molar-refractivity contribution in [2.75, 3.05) is 38.8 Å². The highest BCUT2D eigenvalue weighted by atomic mass is 35.5. The van der Waals surface area contributed by atoms with Crippen molar-refractivity contribution < 1.29 is 33.0 Å². The summed E-state index contributed by atoms with van der Waals surface area (Å²) in [6, 6.07) is 10.6. The van der Waals surface area contributed by atoms with Crippen LogP contribution in [0.2, 0.25) is 0 Å². The highest BCUT2D eigenvalue weighted by Crippen LogP contribution is 2.57. The van der Waals surface area contributed by atoms with Crippen molar-refractivity contribution in [3.05, 3.63) is 81.0 Å². The molecule has 1 aliphatic heterocycles. The Kier molecular flexibility index (Phi) is 8.73. The van der Waals surface area contributed by atoms with E-state index in [0.29, 0.717) is 18.1 Å². The number of rotatable bonds is 10. The van der Waals surface area contributed by atoms with Crippen molar-refractivity contribution in [3.8, 4) is 11.5 Å². The van der Waals surface area contributed by atoms with Gasteiger partial charge in [0, 0.05) is 42.5 Å². The Bertz CT molecular complexity index is 1460. The molecule has 1 heterocycles. The summed E-state index contributed by atoms with van der Waals surface area (Å²) in [4.78, 5) is 16.2. The molecule has 11 heteroatoms. The minimum Gasteiger partial charge on any atom is -0.489 e. The fraction of sp³-hybridized carbons (Fsp3) is 0.387. The molecule has 0 bridgehead atoms. The Hall–Kier alpha value is -3.27. The van der Waals surface area contributed by atoms with Gasteiger partial charge < -0.3 is 19.1 Å². The van der Waals surface area contributed by atoms with Gasteiger partial charge in [0.05, 0.1) is 24.8 Å². The van der Waals surface area contributed by atoms with E-state index < -0.39 is 23.9 Å². The van der Waals surface area contributed by atoms with E-state index in [9.17, 15) is 18.8 Å². The minimum atomic E-state index is -3.04. The summed E-state index contributed by atoms with van der Waals surface area (Å²) in [5.74, 6) is -0.980. The van der Waals surface area contributed by atoms with E-state index in [0.717, 1.165) is 34.7 Å². The number of carbonyl (C=O) groups excluding carboxylic acids is 1. The van der Waals surface area contributed by atoms with E-state index in [1.54, 1.807) is 25.1 Å². The lowest BCUT2D eigenvalue weighted by molar-refractivity contribution is -0.151. The molecular weight excluding hydrogens is 589 g/mol. The Morgan fingerprint density at radius 3 is 2.57 bits per heavy atom. The molecule has 0 aromatic heterocycles. The van der Waals surface area contributed by atoms with E-state index in [1.807, 2.05) is 43.3 Å². The maximum Gasteiger partial charge on any atom is 0.387 e. The summed E-state index contributed by atoms with van der Waals surface area (Å²) in [7, 11) is 3.86. The monoisotopic (exact) mass is 620 g/mol. The largest absolute Gasteiger partial charge is 0.489 e. The van der Waals surface area contributed by atoms with Gasteiger partial charge in [-0.2, -0.15) is 8.78 Å². The van der Waals surface area contributed by atoms with Gasteiger partial charge in [0.15, 0.2) is 11.5 Å². The third-order valence-corrected chi connectivity index (χ3v) is 8.26. The smallest absolute Gasteiger partial charge is 0.387 e. The predicted octanol–water partition coefficient (Wildman–Crippen LogP) is 7.13. The summed E-state index contributed by atoms with van der Waals surface area (Å²) < 4.78 is 43.1. The van der Waals surface area contributed by atoms with Gasteiger partial charge in [0.25, 0.3) is 0 Å². The molecule has 1 saturated carbocycles. The molecule has 0 amide bonds. The summed E-state index contributed by atoms with van der Waals surface area (Å²) >= 11 is 13.5. The molecule has 3 aliphatic rings. The van der Waals surface area contributed by atoms with Gasteiger partial charge in [-0.3, -0.25) is 15.1 Å². The van der Waals surface area contributed by atoms with Crippen molar-refractivity contribution >= 4 is 40.9 Å². The van der Waals surface area contributed by atoms with Crippen LogP contribution in [0.5, 0.6) is 11.5 Å². The lowest BCUT2D eigenvalue weighted by Crippen LogP contribution is -2.43. The number of anilines is 1. The molecule has 2 aromatic carbocycles. The zero-order valence-electron chi connectivity index (χ0n) is 23.5. The van der Waals surface area contributed by atoms with Gasteiger partial charge in [0.1, 0.15) is 5.41 Å². The number of halogens is 4. The molecule has 7 nitrogen and oxygen atoms in total. The average molecular weight is 622 g/mol. The van der Waals surface area contributed by atoms with Gasteiger partial charge in [-0.05, 0) is 66.6 Å². The first-order chi connectivity index (χ1) is 20.0. The van der Waals surface area contributed by atoms with Crippen LogP contribution in [0.1, 0.15) is 42.4 Å². The van der Waals surface area contributed by atoms with Crippen LogP contribution in [0.25, 0.3) is 6.08 Å². The Labute approximate surface area is 253 Å². The SMILES string of the molecule is CCOC(=O)C1(C2=C(Cl)CN(O)C=C2Cl)C=Cc2cc(N(C)C)ccc2C1c1ccc(OC(F)F)c(OCC2CC2)c1. The molecule has 2 unspecified atom stereocenters. The first-order valence-electron chi connectivity index (χ1n) is 13.7. The molecule has 0 radical (unpaired) electrons. The summed E-state index contributed by atoms with van der Waals surface area (Å²) in [6.45, 7) is -0.996. The van der Waals surface area contributed by atoms with Crippen molar-refractivity contribution in [3.63, 3.8) is 0 Å². The lowest BCUT2D eigenvalue weighted by atomic mass is 9.60. The van der Waals surface area contributed by atoms with Crippen molar-refractivity contribution in [2.45, 2.75) is 32.3 Å². The quantitative estimate of drug-likeness (QED) is 0.283.